The predicted octanol–water partition coefficient (Wildman–Crippen LogP) is 2.03. The van der Waals surface area contributed by atoms with Crippen molar-refractivity contribution in [1.82, 2.24) is 15.1 Å². The molecule has 2 heterocycles. The fourth-order valence-corrected chi connectivity index (χ4v) is 3.32. The summed E-state index contributed by atoms with van der Waals surface area (Å²) in [5.74, 6) is 0.826. The zero-order valence-electron chi connectivity index (χ0n) is 17.5. The molecule has 1 aromatic carbocycles. The number of furan rings is 1. The van der Waals surface area contributed by atoms with Crippen molar-refractivity contribution in [3.8, 4) is 0 Å². The van der Waals surface area contributed by atoms with Crippen LogP contribution in [0.1, 0.15) is 33.4 Å². The van der Waals surface area contributed by atoms with Gasteiger partial charge >= 0.3 is 5.97 Å². The van der Waals surface area contributed by atoms with Crippen molar-refractivity contribution in [2.45, 2.75) is 13.3 Å². The van der Waals surface area contributed by atoms with Crippen molar-refractivity contribution >= 4 is 17.8 Å². The molecule has 8 nitrogen and oxygen atoms in total. The molecule has 1 aliphatic heterocycles. The first-order chi connectivity index (χ1) is 14.6. The van der Waals surface area contributed by atoms with Crippen molar-refractivity contribution in [3.05, 3.63) is 59.5 Å². The molecule has 0 unspecified atom stereocenters. The van der Waals surface area contributed by atoms with Gasteiger partial charge in [-0.25, -0.2) is 4.79 Å². The highest BCUT2D eigenvalue weighted by atomic mass is 16.5. The standard InChI is InChI=1S/C22H28N4O4/c1-3-23-22(24-11-10-17-6-8-18(9-7-17)21(28)29-2)26-14-12-25(13-15-26)20(27)19-5-4-16-30-19/h4-9,16H,3,10-15H2,1-2H3,(H,23,24). The topological polar surface area (TPSA) is 87.4 Å². The summed E-state index contributed by atoms with van der Waals surface area (Å²) in [7, 11) is 1.37. The Hall–Kier alpha value is -3.29. The van der Waals surface area contributed by atoms with Crippen LogP contribution in [0.2, 0.25) is 0 Å². The number of guanidine groups is 1. The molecule has 30 heavy (non-hydrogen) atoms. The van der Waals surface area contributed by atoms with Crippen LogP contribution in [0, 0.1) is 0 Å². The highest BCUT2D eigenvalue weighted by molar-refractivity contribution is 5.91. The Kier molecular flexibility index (Phi) is 7.48. The number of methoxy groups -OCH3 is 1. The number of ether oxygens (including phenoxy) is 1. The number of piperazine rings is 1. The van der Waals surface area contributed by atoms with Crippen LogP contribution in [0.5, 0.6) is 0 Å². The second kappa shape index (κ2) is 10.5. The van der Waals surface area contributed by atoms with E-state index in [9.17, 15) is 9.59 Å². The minimum absolute atomic E-state index is 0.0722. The Labute approximate surface area is 176 Å². The molecule has 1 amide bonds. The minimum Gasteiger partial charge on any atom is -0.465 e. The Bertz CT molecular complexity index is 854. The summed E-state index contributed by atoms with van der Waals surface area (Å²) < 4.78 is 9.94. The number of carbonyl (C=O) groups excluding carboxylic acids is 2. The quantitative estimate of drug-likeness (QED) is 0.444. The fourth-order valence-electron chi connectivity index (χ4n) is 3.32. The van der Waals surface area contributed by atoms with E-state index in [0.717, 1.165) is 24.5 Å². The van der Waals surface area contributed by atoms with E-state index in [-0.39, 0.29) is 11.9 Å². The van der Waals surface area contributed by atoms with Crippen molar-refractivity contribution in [1.29, 1.82) is 0 Å². The second-order valence-corrected chi connectivity index (χ2v) is 6.93. The van der Waals surface area contributed by atoms with Gasteiger partial charge in [-0.1, -0.05) is 12.1 Å². The van der Waals surface area contributed by atoms with Gasteiger partial charge in [0.25, 0.3) is 5.91 Å². The number of nitrogens with zero attached hydrogens (tertiary/aromatic N) is 3. The van der Waals surface area contributed by atoms with Gasteiger partial charge in [0, 0.05) is 39.3 Å². The molecular weight excluding hydrogens is 384 g/mol. The maximum atomic E-state index is 12.4. The van der Waals surface area contributed by atoms with Crippen LogP contribution in [-0.4, -0.2) is 74.0 Å². The lowest BCUT2D eigenvalue weighted by atomic mass is 10.1. The maximum absolute atomic E-state index is 12.4. The third-order valence-electron chi connectivity index (χ3n) is 4.97. The number of benzene rings is 1. The highest BCUT2D eigenvalue weighted by Crippen LogP contribution is 2.10. The van der Waals surface area contributed by atoms with Crippen molar-refractivity contribution in [2.75, 3.05) is 46.4 Å². The molecule has 0 bridgehead atoms. The van der Waals surface area contributed by atoms with E-state index in [1.165, 1.54) is 13.4 Å². The Balaban J connectivity index is 1.53. The van der Waals surface area contributed by atoms with Gasteiger partial charge in [-0.05, 0) is 43.2 Å². The average molecular weight is 412 g/mol. The average Bonchev–Trinajstić information content (AvgIpc) is 3.33. The Morgan fingerprint density at radius 1 is 1.10 bits per heavy atom. The van der Waals surface area contributed by atoms with Gasteiger partial charge in [0.15, 0.2) is 11.7 Å². The monoisotopic (exact) mass is 412 g/mol. The van der Waals surface area contributed by atoms with E-state index in [4.69, 9.17) is 14.1 Å². The van der Waals surface area contributed by atoms with Crippen LogP contribution in [0.15, 0.2) is 52.1 Å². The molecule has 0 spiro atoms. The van der Waals surface area contributed by atoms with Gasteiger partial charge in [0.05, 0.1) is 18.9 Å². The number of hydrogen-bond donors (Lipinski definition) is 1. The van der Waals surface area contributed by atoms with Crippen LogP contribution in [-0.2, 0) is 11.2 Å². The van der Waals surface area contributed by atoms with Crippen LogP contribution >= 0.6 is 0 Å². The van der Waals surface area contributed by atoms with Crippen LogP contribution in [0.3, 0.4) is 0 Å². The summed E-state index contributed by atoms with van der Waals surface area (Å²) in [6.07, 6.45) is 2.29. The van der Waals surface area contributed by atoms with Crippen LogP contribution in [0.25, 0.3) is 0 Å². The number of amides is 1. The normalized spacial score (nSPS) is 14.5. The molecule has 1 fully saturated rings. The number of nitrogens with one attached hydrogen (secondary N) is 1. The first-order valence-corrected chi connectivity index (χ1v) is 10.2. The van der Waals surface area contributed by atoms with Gasteiger partial charge in [-0.3, -0.25) is 9.79 Å². The van der Waals surface area contributed by atoms with Crippen molar-refractivity contribution < 1.29 is 18.7 Å². The molecule has 2 aromatic rings. The molecule has 160 valence electrons. The minimum atomic E-state index is -0.335. The molecule has 8 heteroatoms. The van der Waals surface area contributed by atoms with Gasteiger partial charge in [0.1, 0.15) is 0 Å². The molecule has 1 saturated heterocycles. The Morgan fingerprint density at radius 3 is 2.40 bits per heavy atom. The van der Waals surface area contributed by atoms with Gasteiger partial charge in [0.2, 0.25) is 0 Å². The zero-order chi connectivity index (χ0) is 21.3. The third kappa shape index (κ3) is 5.40. The van der Waals surface area contributed by atoms with Gasteiger partial charge < -0.3 is 24.3 Å². The molecule has 1 aliphatic rings. The van der Waals surface area contributed by atoms with E-state index >= 15 is 0 Å². The number of hydrogen-bond acceptors (Lipinski definition) is 5. The summed E-state index contributed by atoms with van der Waals surface area (Å²) in [5.41, 5.74) is 1.65. The lowest BCUT2D eigenvalue weighted by Gasteiger charge is -2.36. The SMILES string of the molecule is CCNC(=NCCc1ccc(C(=O)OC)cc1)N1CCN(C(=O)c2ccco2)CC1. The molecule has 0 aliphatic carbocycles. The highest BCUT2D eigenvalue weighted by Gasteiger charge is 2.25. The van der Waals surface area contributed by atoms with Crippen molar-refractivity contribution in [2.24, 2.45) is 4.99 Å². The summed E-state index contributed by atoms with van der Waals surface area (Å²) >= 11 is 0. The molecule has 0 radical (unpaired) electrons. The van der Waals surface area contributed by atoms with E-state index in [0.29, 0.717) is 44.0 Å². The second-order valence-electron chi connectivity index (χ2n) is 6.93. The summed E-state index contributed by atoms with van der Waals surface area (Å²) in [4.78, 5) is 32.7. The number of carbonyl (C=O) groups is 2. The first kappa shape index (κ1) is 21.4. The van der Waals surface area contributed by atoms with Crippen LogP contribution < -0.4 is 5.32 Å². The van der Waals surface area contributed by atoms with Crippen LogP contribution in [0.4, 0.5) is 0 Å². The van der Waals surface area contributed by atoms with E-state index in [1.807, 2.05) is 24.0 Å². The van der Waals surface area contributed by atoms with Gasteiger partial charge in [-0.2, -0.15) is 0 Å². The lowest BCUT2D eigenvalue weighted by Crippen LogP contribution is -2.53. The molecule has 0 atom stereocenters. The first-order valence-electron chi connectivity index (χ1n) is 10.2. The number of aliphatic imine (C=N–C) groups is 1. The molecule has 1 aromatic heterocycles. The molecule has 0 saturated carbocycles. The fraction of sp³-hybridized carbons (Fsp3) is 0.409. The molecule has 1 N–H and O–H groups in total. The summed E-state index contributed by atoms with van der Waals surface area (Å²) in [6.45, 7) is 6.12. The Morgan fingerprint density at radius 2 is 1.80 bits per heavy atom. The molecule has 3 rings (SSSR count). The smallest absolute Gasteiger partial charge is 0.337 e. The van der Waals surface area contributed by atoms with Crippen molar-refractivity contribution in [3.63, 3.8) is 0 Å². The zero-order valence-corrected chi connectivity index (χ0v) is 17.5. The number of rotatable bonds is 6. The van der Waals surface area contributed by atoms with Gasteiger partial charge in [-0.15, -0.1) is 0 Å². The van der Waals surface area contributed by atoms with E-state index in [2.05, 4.69) is 10.2 Å². The predicted molar refractivity (Wildman–Crippen MR) is 114 cm³/mol. The summed E-state index contributed by atoms with van der Waals surface area (Å²) in [6, 6.07) is 10.8. The largest absolute Gasteiger partial charge is 0.465 e. The lowest BCUT2D eigenvalue weighted by molar-refractivity contribution is 0.0600. The third-order valence-corrected chi connectivity index (χ3v) is 4.97. The maximum Gasteiger partial charge on any atom is 0.337 e. The van der Waals surface area contributed by atoms with E-state index in [1.54, 1.807) is 24.3 Å². The van der Waals surface area contributed by atoms with E-state index < -0.39 is 0 Å². The summed E-state index contributed by atoms with van der Waals surface area (Å²) in [5, 5.41) is 3.33. The number of esters is 1. The molecular formula is C22H28N4O4.